The van der Waals surface area contributed by atoms with Crippen LogP contribution in [0, 0.1) is 0 Å². The van der Waals surface area contributed by atoms with Crippen LogP contribution in [0.25, 0.3) is 0 Å². The fourth-order valence-electron chi connectivity index (χ4n) is 12.3. The Labute approximate surface area is 670 Å². The number of aromatic hydroxyl groups is 30. The molecule has 632 valence electrons. The lowest BCUT2D eigenvalue weighted by Gasteiger charge is -2.57. The van der Waals surface area contributed by atoms with Crippen molar-refractivity contribution in [2.75, 3.05) is 0 Å². The first-order valence-electron chi connectivity index (χ1n) is 32.7. The van der Waals surface area contributed by atoms with Crippen LogP contribution in [-0.4, -0.2) is 245 Å². The van der Waals surface area contributed by atoms with Crippen molar-refractivity contribution in [1.82, 2.24) is 0 Å². The predicted octanol–water partition coefficient (Wildman–Crippen LogP) is 2.82. The van der Waals surface area contributed by atoms with Gasteiger partial charge in [0.05, 0.1) is 22.3 Å². The summed E-state index contributed by atoms with van der Waals surface area (Å²) in [4.78, 5) is 193. The summed E-state index contributed by atoms with van der Waals surface area (Å²) in [5.41, 5.74) is -50.2. The molecule has 0 fully saturated rings. The molecule has 0 aliphatic rings. The zero-order valence-corrected chi connectivity index (χ0v) is 59.6. The Bertz CT molecular complexity index is 6050. The molecule has 5 atom stereocenters. The van der Waals surface area contributed by atoms with E-state index in [0.717, 1.165) is 0 Å². The first kappa shape index (κ1) is 86.1. The van der Waals surface area contributed by atoms with Crippen LogP contribution in [0.2, 0.25) is 0 Å². The largest absolute Gasteiger partial charge is 0.504 e. The van der Waals surface area contributed by atoms with Crippen LogP contribution < -0.4 is 0 Å². The molecule has 0 aliphatic heterocycles. The van der Waals surface area contributed by atoms with Gasteiger partial charge in [0.25, 0.3) is 28.2 Å². The molecule has 46 nitrogen and oxygen atoms in total. The fourth-order valence-corrected chi connectivity index (χ4v) is 12.3. The summed E-state index contributed by atoms with van der Waals surface area (Å²) in [5, 5.41) is 351. The highest BCUT2D eigenvalue weighted by atomic mass is 16.7. The molecule has 10 rings (SSSR count). The summed E-state index contributed by atoms with van der Waals surface area (Å²) in [7, 11) is 0. The molecule has 0 spiro atoms. The molecule has 0 aromatic heterocycles. The molecule has 0 bridgehead atoms. The van der Waals surface area contributed by atoms with Gasteiger partial charge < -0.3 is 177 Å². The van der Waals surface area contributed by atoms with E-state index in [9.17, 15) is 158 Å². The number of aliphatic hydroxyl groups excluding tert-OH is 1. The minimum atomic E-state index is -7.22. The fraction of sp³-hybridized carbons (Fsp3) is 0.0658. The van der Waals surface area contributed by atoms with Crippen LogP contribution in [0.5, 0.6) is 172 Å². The number of carbonyl (C=O) groups is 11. The van der Waals surface area contributed by atoms with Gasteiger partial charge in [0, 0.05) is 27.8 Å². The second-order valence-corrected chi connectivity index (χ2v) is 25.7. The topological polar surface area (TPSA) is 852 Å². The number of rotatable bonds is 25. The zero-order valence-electron chi connectivity index (χ0n) is 59.6. The lowest BCUT2D eigenvalue weighted by Crippen LogP contribution is -2.90. The van der Waals surface area contributed by atoms with Crippen LogP contribution in [0.3, 0.4) is 0 Å². The monoisotopic (exact) mass is 1700 g/mol. The normalized spacial score (nSPS) is 13.4. The smallest absolute Gasteiger partial charge is 0.340 e. The number of hydrogen-bond donors (Lipinski definition) is 31. The maximum atomic E-state index is 18.8. The van der Waals surface area contributed by atoms with Gasteiger partial charge in [-0.1, -0.05) is 0 Å². The van der Waals surface area contributed by atoms with Gasteiger partial charge >= 0.3 is 23.9 Å². The Hall–Kier alpha value is -18.3. The molecule has 1 unspecified atom stereocenters. The third kappa shape index (κ3) is 13.9. The molecule has 46 heteroatoms. The quantitative estimate of drug-likeness (QED) is 0.00976. The summed E-state index contributed by atoms with van der Waals surface area (Å²) in [6.07, 6.45) is -4.47. The Morgan fingerprint density at radius 3 is 0.598 bits per heavy atom. The van der Waals surface area contributed by atoms with Crippen LogP contribution in [0.1, 0.15) is 105 Å². The number of benzene rings is 10. The van der Waals surface area contributed by atoms with Gasteiger partial charge in [-0.2, -0.15) is 0 Å². The molecule has 0 amide bonds. The van der Waals surface area contributed by atoms with Crippen molar-refractivity contribution in [3.63, 3.8) is 0 Å². The van der Waals surface area contributed by atoms with Crippen LogP contribution in [-0.2, 0) is 28.5 Å². The highest BCUT2D eigenvalue weighted by Crippen LogP contribution is 2.61. The van der Waals surface area contributed by atoms with Crippen molar-refractivity contribution in [3.8, 4) is 172 Å². The standard InChI is InChI=1S/C76H52O46/c77-31-1-21(2-32(78)53(31)99)51(97)67(113)73(63(109)23-5-35(81)55(101)36(82)6-23,119-69(115)27-13-43(89)59(105)44(90)14-27)75(65(111)25-9-39(85)57(103)40(86)10-25,121-71(117)29-17-47(93)61(107)48(94)18-29)76(66(112)26-11-41(87)58(104)42(88)12-26,122-72(118)30-19-49(95)62(108)50(96)20-30)74(64(110)24-7-37(83)56(102)38(84)8-24,120-70(116)28-15-45(91)60(106)46(92)16-28)68(114)52(98)22-3-33(79)54(100)34(80)4-22/h1-20,51,77-97,99-108H/t51?,73-,74+,75-,76-/m1/s1. The first-order valence-corrected chi connectivity index (χ1v) is 32.7. The van der Waals surface area contributed by atoms with E-state index in [2.05, 4.69) is 0 Å². The van der Waals surface area contributed by atoms with E-state index in [4.69, 9.17) is 18.9 Å². The number of phenolic OH excluding ortho intramolecular Hbond substituents is 30. The first-order chi connectivity index (χ1) is 56.8. The van der Waals surface area contributed by atoms with Gasteiger partial charge in [0.15, 0.2) is 172 Å². The van der Waals surface area contributed by atoms with Gasteiger partial charge in [-0.05, 0) is 127 Å². The van der Waals surface area contributed by atoms with Crippen molar-refractivity contribution in [2.45, 2.75) is 28.5 Å². The molecule has 0 saturated carbocycles. The van der Waals surface area contributed by atoms with Crippen molar-refractivity contribution in [1.29, 1.82) is 0 Å². The van der Waals surface area contributed by atoms with E-state index in [-0.39, 0.29) is 72.8 Å². The lowest BCUT2D eigenvalue weighted by molar-refractivity contribution is -0.225. The number of hydrogen-bond acceptors (Lipinski definition) is 46. The Balaban J connectivity index is 1.78. The number of ketones is 7. The van der Waals surface area contributed by atoms with E-state index in [0.29, 0.717) is 0 Å². The number of esters is 4. The highest BCUT2D eigenvalue weighted by molar-refractivity contribution is 6.53. The molecule has 0 radical (unpaired) electrons. The van der Waals surface area contributed by atoms with Gasteiger partial charge in [-0.15, -0.1) is 0 Å². The van der Waals surface area contributed by atoms with Gasteiger partial charge in [0.1, 0.15) is 6.10 Å². The molecule has 122 heavy (non-hydrogen) atoms. The van der Waals surface area contributed by atoms with Gasteiger partial charge in [-0.25, -0.2) is 19.2 Å². The minimum Gasteiger partial charge on any atom is -0.504 e. The van der Waals surface area contributed by atoms with Crippen LogP contribution >= 0.6 is 0 Å². The molecule has 10 aromatic rings. The molecule has 0 saturated heterocycles. The van der Waals surface area contributed by atoms with Crippen molar-refractivity contribution in [2.24, 2.45) is 0 Å². The third-order valence-corrected chi connectivity index (χ3v) is 18.2. The van der Waals surface area contributed by atoms with E-state index in [1.807, 2.05) is 0 Å². The highest BCUT2D eigenvalue weighted by Gasteiger charge is 2.92. The molecule has 10 aromatic carbocycles. The number of ether oxygens (including phenoxy) is 4. The summed E-state index contributed by atoms with van der Waals surface area (Å²) in [6.45, 7) is 0. The molecular weight excluding hydrogens is 1650 g/mol. The SMILES string of the molecule is O=C(O[C@](C(=O)C(=O)c1cc(O)c(O)c(O)c1)(C(=O)c1cc(O)c(O)c(O)c1)[C@](OC(=O)c1cc(O)c(O)c(O)c1)(C(=O)c1cc(O)c(O)c(O)c1)[C@@](OC(=O)c1cc(O)c(O)c(O)c1)(C(=O)c1cc(O)c(O)c(O)c1)[C@@](OC(=O)c1cc(O)c(O)c(O)c1)(C(=O)c1cc(O)c(O)c(O)c1)C(=O)C(O)c1cc(O)c(O)c(O)c1)c1cc(O)c(O)c(O)c1. The average Bonchev–Trinajstić information content (AvgIpc) is 0.650. The Kier molecular flexibility index (Phi) is 21.8. The minimum absolute atomic E-state index is 0.187. The number of Topliss-reactive ketones (excluding diaryl/α,β-unsaturated/α-hetero) is 7. The molecule has 0 aliphatic carbocycles. The number of phenols is 30. The van der Waals surface area contributed by atoms with E-state index in [1.54, 1.807) is 0 Å². The maximum Gasteiger partial charge on any atom is 0.340 e. The van der Waals surface area contributed by atoms with Crippen molar-refractivity contribution >= 4 is 64.4 Å². The summed E-state index contributed by atoms with van der Waals surface area (Å²) in [6, 6.07) is -6.81. The van der Waals surface area contributed by atoms with Crippen LogP contribution in [0.15, 0.2) is 121 Å². The predicted molar refractivity (Wildman–Crippen MR) is 384 cm³/mol. The van der Waals surface area contributed by atoms with Crippen molar-refractivity contribution < 1.29 is 230 Å². The summed E-state index contributed by atoms with van der Waals surface area (Å²) >= 11 is 0. The van der Waals surface area contributed by atoms with Gasteiger partial charge in [-0.3, -0.25) is 33.6 Å². The van der Waals surface area contributed by atoms with Crippen molar-refractivity contribution in [3.05, 3.63) is 177 Å². The zero-order chi connectivity index (χ0) is 91.0. The van der Waals surface area contributed by atoms with Crippen LogP contribution in [0.4, 0.5) is 0 Å². The Morgan fingerprint density at radius 2 is 0.369 bits per heavy atom. The van der Waals surface area contributed by atoms with E-state index >= 15 is 52.7 Å². The second kappa shape index (κ2) is 30.8. The summed E-state index contributed by atoms with van der Waals surface area (Å²) < 4.78 is 23.8. The molecule has 31 N–H and O–H groups in total. The Morgan fingerprint density at radius 1 is 0.205 bits per heavy atom. The molecular formula is C76H52O46. The number of carbonyl (C=O) groups excluding carboxylic acids is 11. The van der Waals surface area contributed by atoms with E-state index < -0.39 is 370 Å². The second-order valence-electron chi connectivity index (χ2n) is 25.7. The van der Waals surface area contributed by atoms with E-state index in [1.165, 1.54) is 0 Å². The number of aliphatic hydroxyl groups is 1. The summed E-state index contributed by atoms with van der Waals surface area (Å²) in [5.74, 6) is -98.2. The third-order valence-electron chi connectivity index (χ3n) is 18.2. The maximum absolute atomic E-state index is 18.8. The van der Waals surface area contributed by atoms with Gasteiger partial charge in [0.2, 0.25) is 34.7 Å². The lowest BCUT2D eigenvalue weighted by atomic mass is 9.52. The molecule has 0 heterocycles. The average molecular weight is 1700 g/mol.